The van der Waals surface area contributed by atoms with Crippen molar-refractivity contribution < 1.29 is 15.0 Å². The summed E-state index contributed by atoms with van der Waals surface area (Å²) >= 11 is 0. The molecule has 5 nitrogen and oxygen atoms in total. The van der Waals surface area contributed by atoms with Gasteiger partial charge in [0.15, 0.2) is 5.78 Å². The van der Waals surface area contributed by atoms with E-state index < -0.39 is 0 Å². The number of carbonyl (C=O) groups is 1. The molecule has 0 aliphatic heterocycles. The van der Waals surface area contributed by atoms with Gasteiger partial charge in [0, 0.05) is 11.1 Å². The summed E-state index contributed by atoms with van der Waals surface area (Å²) in [5, 5.41) is 19.4. The Labute approximate surface area is 145 Å². The maximum Gasteiger partial charge on any atom is 0.185 e. The molecule has 0 unspecified atom stereocenters. The highest BCUT2D eigenvalue weighted by Crippen LogP contribution is 2.30. The first-order chi connectivity index (χ1) is 11.9. The van der Waals surface area contributed by atoms with Crippen LogP contribution < -0.4 is 11.5 Å². The molecule has 1 aliphatic rings. The van der Waals surface area contributed by atoms with Gasteiger partial charge in [-0.15, -0.1) is 0 Å². The van der Waals surface area contributed by atoms with Gasteiger partial charge in [0.1, 0.15) is 11.5 Å². The van der Waals surface area contributed by atoms with Crippen molar-refractivity contribution in [2.45, 2.75) is 19.3 Å². The molecule has 2 aromatic rings. The van der Waals surface area contributed by atoms with Gasteiger partial charge in [-0.1, -0.05) is 12.1 Å². The Morgan fingerprint density at radius 3 is 1.64 bits per heavy atom. The Kier molecular flexibility index (Phi) is 4.48. The molecular formula is C20H20N2O3. The van der Waals surface area contributed by atoms with Crippen LogP contribution in [-0.2, 0) is 4.79 Å². The minimum absolute atomic E-state index is 0.00530. The van der Waals surface area contributed by atoms with Crippen molar-refractivity contribution in [1.29, 1.82) is 0 Å². The maximum atomic E-state index is 12.7. The van der Waals surface area contributed by atoms with Crippen molar-refractivity contribution in [2.24, 2.45) is 0 Å². The smallest absolute Gasteiger partial charge is 0.185 e. The molecule has 6 N–H and O–H groups in total. The first-order valence-electron chi connectivity index (χ1n) is 8.07. The van der Waals surface area contributed by atoms with Crippen molar-refractivity contribution in [3.8, 4) is 11.5 Å². The average Bonchev–Trinajstić information content (AvgIpc) is 2.58. The number of rotatable bonds is 2. The summed E-state index contributed by atoms with van der Waals surface area (Å²) in [6.07, 6.45) is 5.82. The van der Waals surface area contributed by atoms with Crippen LogP contribution >= 0.6 is 0 Å². The summed E-state index contributed by atoms with van der Waals surface area (Å²) in [7, 11) is 0. The number of phenols is 2. The molecular weight excluding hydrogens is 316 g/mol. The van der Waals surface area contributed by atoms with Crippen LogP contribution in [0.5, 0.6) is 11.5 Å². The molecule has 0 aromatic heterocycles. The van der Waals surface area contributed by atoms with Gasteiger partial charge in [-0.2, -0.15) is 0 Å². The fourth-order valence-electron chi connectivity index (χ4n) is 2.88. The Bertz CT molecular complexity index is 826. The Hall–Kier alpha value is -3.21. The van der Waals surface area contributed by atoms with Crippen LogP contribution in [0.4, 0.5) is 11.4 Å². The molecule has 128 valence electrons. The van der Waals surface area contributed by atoms with Crippen molar-refractivity contribution >= 4 is 29.3 Å². The van der Waals surface area contributed by atoms with Gasteiger partial charge in [0.25, 0.3) is 0 Å². The largest absolute Gasteiger partial charge is 0.506 e. The first kappa shape index (κ1) is 16.6. The second-order valence-corrected chi connectivity index (χ2v) is 6.16. The van der Waals surface area contributed by atoms with Crippen molar-refractivity contribution in [3.63, 3.8) is 0 Å². The number of nitrogen functional groups attached to an aromatic ring is 2. The monoisotopic (exact) mass is 336 g/mol. The number of benzene rings is 2. The maximum absolute atomic E-state index is 12.7. The molecule has 1 aliphatic carbocycles. The zero-order valence-electron chi connectivity index (χ0n) is 13.7. The van der Waals surface area contributed by atoms with Crippen LogP contribution in [0.3, 0.4) is 0 Å². The number of allylic oxidation sites excluding steroid dienone is 2. The lowest BCUT2D eigenvalue weighted by Crippen LogP contribution is -2.12. The van der Waals surface area contributed by atoms with Crippen LogP contribution in [0, 0.1) is 0 Å². The molecule has 0 heterocycles. The molecule has 0 atom stereocenters. The normalized spacial score (nSPS) is 18.0. The molecule has 0 bridgehead atoms. The summed E-state index contributed by atoms with van der Waals surface area (Å²) < 4.78 is 0. The van der Waals surface area contributed by atoms with Gasteiger partial charge < -0.3 is 21.7 Å². The third-order valence-electron chi connectivity index (χ3n) is 4.27. The van der Waals surface area contributed by atoms with Crippen molar-refractivity contribution in [2.75, 3.05) is 11.5 Å². The molecule has 0 spiro atoms. The second-order valence-electron chi connectivity index (χ2n) is 6.16. The van der Waals surface area contributed by atoms with E-state index in [2.05, 4.69) is 0 Å². The number of Topliss-reactive ketones (excluding diaryl/α,β-unsaturated/α-hetero) is 1. The van der Waals surface area contributed by atoms with Crippen molar-refractivity contribution in [1.82, 2.24) is 0 Å². The molecule has 0 radical (unpaired) electrons. The van der Waals surface area contributed by atoms with Crippen LogP contribution in [-0.4, -0.2) is 16.0 Å². The van der Waals surface area contributed by atoms with E-state index in [9.17, 15) is 15.0 Å². The Morgan fingerprint density at radius 1 is 0.800 bits per heavy atom. The fourth-order valence-corrected chi connectivity index (χ4v) is 2.88. The van der Waals surface area contributed by atoms with E-state index in [0.29, 0.717) is 35.4 Å². The molecule has 25 heavy (non-hydrogen) atoms. The number of carbonyl (C=O) groups excluding carboxylic acids is 1. The predicted molar refractivity (Wildman–Crippen MR) is 99.9 cm³/mol. The number of phenolic OH excluding ortho intramolecular Hbond substituents is 2. The molecule has 2 aromatic carbocycles. The zero-order valence-corrected chi connectivity index (χ0v) is 13.7. The van der Waals surface area contributed by atoms with Gasteiger partial charge in [0.05, 0.1) is 11.4 Å². The number of hydrogen-bond acceptors (Lipinski definition) is 5. The standard InChI is InChI=1S/C20H20N2O3/c21-16-6-4-12(10-18(16)23)8-14-2-1-3-15(20(14)25)9-13-5-7-17(22)19(24)11-13/h4-11,23-24H,1-3,21-22H2. The third-order valence-corrected chi connectivity index (χ3v) is 4.27. The summed E-state index contributed by atoms with van der Waals surface area (Å²) in [4.78, 5) is 12.7. The Morgan fingerprint density at radius 2 is 1.24 bits per heavy atom. The lowest BCUT2D eigenvalue weighted by molar-refractivity contribution is -0.112. The van der Waals surface area contributed by atoms with E-state index in [1.807, 2.05) is 0 Å². The molecule has 1 saturated carbocycles. The molecule has 3 rings (SSSR count). The SMILES string of the molecule is Nc1ccc(C=C2CCCC(=Cc3ccc(N)c(O)c3)C2=O)cc1O. The van der Waals surface area contributed by atoms with Crippen molar-refractivity contribution in [3.05, 3.63) is 58.7 Å². The van der Waals surface area contributed by atoms with E-state index in [4.69, 9.17) is 11.5 Å². The highest BCUT2D eigenvalue weighted by molar-refractivity contribution is 6.14. The van der Waals surface area contributed by atoms with Gasteiger partial charge in [-0.25, -0.2) is 0 Å². The van der Waals surface area contributed by atoms with E-state index in [-0.39, 0.29) is 17.3 Å². The Balaban J connectivity index is 1.89. The minimum atomic E-state index is -0.0149. The predicted octanol–water partition coefficient (Wildman–Crippen LogP) is 3.48. The van der Waals surface area contributed by atoms with E-state index in [1.54, 1.807) is 48.6 Å². The summed E-state index contributed by atoms with van der Waals surface area (Å²) in [6.45, 7) is 0. The van der Waals surface area contributed by atoms with Crippen LogP contribution in [0.15, 0.2) is 47.5 Å². The van der Waals surface area contributed by atoms with Crippen LogP contribution in [0.1, 0.15) is 30.4 Å². The highest BCUT2D eigenvalue weighted by atomic mass is 16.3. The summed E-state index contributed by atoms with van der Waals surface area (Å²) in [5.41, 5.74) is 14.7. The molecule has 5 heteroatoms. The summed E-state index contributed by atoms with van der Waals surface area (Å²) in [6, 6.07) is 9.86. The molecule has 0 amide bonds. The lowest BCUT2D eigenvalue weighted by Gasteiger charge is -2.17. The van der Waals surface area contributed by atoms with Crippen LogP contribution in [0.25, 0.3) is 12.2 Å². The lowest BCUT2D eigenvalue weighted by atomic mass is 9.87. The minimum Gasteiger partial charge on any atom is -0.506 e. The number of ketones is 1. The summed E-state index contributed by atoms with van der Waals surface area (Å²) in [5.74, 6) is -0.00433. The zero-order chi connectivity index (χ0) is 18.0. The number of nitrogens with two attached hydrogens (primary N) is 2. The number of hydrogen-bond donors (Lipinski definition) is 4. The first-order valence-corrected chi connectivity index (χ1v) is 8.07. The third kappa shape index (κ3) is 3.66. The van der Waals surface area contributed by atoms with E-state index in [1.165, 1.54) is 0 Å². The highest BCUT2D eigenvalue weighted by Gasteiger charge is 2.20. The van der Waals surface area contributed by atoms with Gasteiger partial charge in [0.2, 0.25) is 0 Å². The van der Waals surface area contributed by atoms with E-state index >= 15 is 0 Å². The molecule has 1 fully saturated rings. The second kappa shape index (κ2) is 6.73. The number of aromatic hydroxyl groups is 2. The molecule has 0 saturated heterocycles. The van der Waals surface area contributed by atoms with Gasteiger partial charge >= 0.3 is 0 Å². The topological polar surface area (TPSA) is 110 Å². The van der Waals surface area contributed by atoms with Gasteiger partial charge in [-0.3, -0.25) is 4.79 Å². The fraction of sp³-hybridized carbons (Fsp3) is 0.150. The average molecular weight is 336 g/mol. The van der Waals surface area contributed by atoms with E-state index in [0.717, 1.165) is 17.5 Å². The van der Waals surface area contributed by atoms with Gasteiger partial charge in [-0.05, 0) is 66.8 Å². The van der Waals surface area contributed by atoms with Crippen LogP contribution in [0.2, 0.25) is 0 Å². The number of anilines is 2. The quantitative estimate of drug-likeness (QED) is 0.381.